The zero-order valence-corrected chi connectivity index (χ0v) is 9.23. The molecule has 2 amide bonds. The molecule has 4 nitrogen and oxygen atoms in total. The van der Waals surface area contributed by atoms with Gasteiger partial charge in [-0.2, -0.15) is 0 Å². The number of hydrogen-bond donors (Lipinski definition) is 1. The van der Waals surface area contributed by atoms with Crippen molar-refractivity contribution in [3.63, 3.8) is 0 Å². The van der Waals surface area contributed by atoms with E-state index in [0.717, 1.165) is 0 Å². The summed E-state index contributed by atoms with van der Waals surface area (Å²) < 4.78 is 0. The SMILES string of the molecule is CC1(C)C(=O)NCCN1C(=O)CCCl. The first-order chi connectivity index (χ1) is 6.50. The topological polar surface area (TPSA) is 49.4 Å². The zero-order chi connectivity index (χ0) is 10.8. The minimum absolute atomic E-state index is 0.0557. The number of nitrogens with zero attached hydrogens (tertiary/aromatic N) is 1. The lowest BCUT2D eigenvalue weighted by atomic mass is 9.98. The lowest BCUT2D eigenvalue weighted by Gasteiger charge is -2.41. The van der Waals surface area contributed by atoms with Crippen LogP contribution in [0.25, 0.3) is 0 Å². The maximum Gasteiger partial charge on any atom is 0.245 e. The molecule has 1 aliphatic heterocycles. The molecule has 0 aliphatic carbocycles. The third-order valence-corrected chi connectivity index (χ3v) is 2.65. The normalized spacial score (nSPS) is 20.5. The summed E-state index contributed by atoms with van der Waals surface area (Å²) in [5.41, 5.74) is -0.749. The maximum absolute atomic E-state index is 11.6. The van der Waals surface area contributed by atoms with E-state index in [2.05, 4.69) is 5.32 Å². The predicted octanol–water partition coefficient (Wildman–Crippen LogP) is 0.352. The second-order valence-corrected chi connectivity index (χ2v) is 4.18. The number of rotatable bonds is 2. The van der Waals surface area contributed by atoms with Crippen molar-refractivity contribution < 1.29 is 9.59 Å². The van der Waals surface area contributed by atoms with Gasteiger partial charge < -0.3 is 10.2 Å². The Balaban J connectivity index is 2.76. The van der Waals surface area contributed by atoms with E-state index in [0.29, 0.717) is 19.0 Å². The van der Waals surface area contributed by atoms with E-state index < -0.39 is 5.54 Å². The Labute approximate surface area is 88.6 Å². The van der Waals surface area contributed by atoms with E-state index in [4.69, 9.17) is 11.6 Å². The van der Waals surface area contributed by atoms with Crippen LogP contribution in [-0.4, -0.2) is 41.2 Å². The molecule has 0 atom stereocenters. The molecule has 0 aromatic carbocycles. The number of hydrogen-bond acceptors (Lipinski definition) is 2. The molecule has 0 aromatic heterocycles. The fraction of sp³-hybridized carbons (Fsp3) is 0.778. The smallest absolute Gasteiger partial charge is 0.245 e. The number of nitrogens with one attached hydrogen (secondary N) is 1. The minimum atomic E-state index is -0.749. The van der Waals surface area contributed by atoms with E-state index in [1.165, 1.54) is 0 Å². The Hall–Kier alpha value is -0.770. The monoisotopic (exact) mass is 218 g/mol. The highest BCUT2D eigenvalue weighted by atomic mass is 35.5. The molecule has 0 spiro atoms. The Kier molecular flexibility index (Phi) is 3.37. The Morgan fingerprint density at radius 3 is 2.86 bits per heavy atom. The molecule has 80 valence electrons. The van der Waals surface area contributed by atoms with Crippen molar-refractivity contribution in [1.82, 2.24) is 10.2 Å². The summed E-state index contributed by atoms with van der Waals surface area (Å²) in [4.78, 5) is 24.7. The molecule has 0 unspecified atom stereocenters. The van der Waals surface area contributed by atoms with Crippen molar-refractivity contribution in [3.05, 3.63) is 0 Å². The van der Waals surface area contributed by atoms with Gasteiger partial charge in [0.25, 0.3) is 0 Å². The molecule has 0 bridgehead atoms. The van der Waals surface area contributed by atoms with E-state index >= 15 is 0 Å². The van der Waals surface area contributed by atoms with Crippen LogP contribution in [0.1, 0.15) is 20.3 Å². The molecule has 1 heterocycles. The van der Waals surface area contributed by atoms with Gasteiger partial charge in [-0.05, 0) is 13.8 Å². The summed E-state index contributed by atoms with van der Waals surface area (Å²) in [7, 11) is 0. The van der Waals surface area contributed by atoms with E-state index in [9.17, 15) is 9.59 Å². The van der Waals surface area contributed by atoms with Crippen LogP contribution >= 0.6 is 11.6 Å². The molecule has 1 N–H and O–H groups in total. The first-order valence-corrected chi connectivity index (χ1v) is 5.18. The number of carbonyl (C=O) groups excluding carboxylic acids is 2. The summed E-state index contributed by atoms with van der Waals surface area (Å²) in [6, 6.07) is 0. The molecule has 1 saturated heterocycles. The van der Waals surface area contributed by atoms with Crippen molar-refractivity contribution >= 4 is 23.4 Å². The molecule has 1 aliphatic rings. The lowest BCUT2D eigenvalue weighted by Crippen LogP contribution is -2.63. The fourth-order valence-corrected chi connectivity index (χ4v) is 1.71. The van der Waals surface area contributed by atoms with Crippen molar-refractivity contribution in [2.24, 2.45) is 0 Å². The number of piperazine rings is 1. The standard InChI is InChI=1S/C9H15ClN2O2/c1-9(2)8(14)11-5-6-12(9)7(13)3-4-10/h3-6H2,1-2H3,(H,11,14). The predicted molar refractivity (Wildman–Crippen MR) is 54.1 cm³/mol. The molecule has 5 heteroatoms. The fourth-order valence-electron chi connectivity index (χ4n) is 1.55. The van der Waals surface area contributed by atoms with Crippen LogP contribution in [0.15, 0.2) is 0 Å². The first-order valence-electron chi connectivity index (χ1n) is 4.65. The summed E-state index contributed by atoms with van der Waals surface area (Å²) in [5, 5.41) is 2.73. The number of alkyl halides is 1. The number of halogens is 1. The molecule has 1 rings (SSSR count). The van der Waals surface area contributed by atoms with Crippen LogP contribution in [0, 0.1) is 0 Å². The van der Waals surface area contributed by atoms with Crippen LogP contribution in [0.3, 0.4) is 0 Å². The second-order valence-electron chi connectivity index (χ2n) is 3.80. The minimum Gasteiger partial charge on any atom is -0.352 e. The van der Waals surface area contributed by atoms with Gasteiger partial charge in [0.15, 0.2) is 0 Å². The first kappa shape index (κ1) is 11.3. The van der Waals surface area contributed by atoms with Gasteiger partial charge in [-0.25, -0.2) is 0 Å². The van der Waals surface area contributed by atoms with E-state index in [1.807, 2.05) is 0 Å². The van der Waals surface area contributed by atoms with E-state index in [-0.39, 0.29) is 18.2 Å². The van der Waals surface area contributed by atoms with Crippen molar-refractivity contribution in [2.75, 3.05) is 19.0 Å². The molecule has 1 fully saturated rings. The van der Waals surface area contributed by atoms with Crippen LogP contribution in [0.2, 0.25) is 0 Å². The molecule has 14 heavy (non-hydrogen) atoms. The molecular weight excluding hydrogens is 204 g/mol. The van der Waals surface area contributed by atoms with Crippen molar-refractivity contribution in [3.8, 4) is 0 Å². The van der Waals surface area contributed by atoms with Gasteiger partial charge in [0.1, 0.15) is 5.54 Å². The Morgan fingerprint density at radius 2 is 2.29 bits per heavy atom. The van der Waals surface area contributed by atoms with E-state index in [1.54, 1.807) is 18.7 Å². The second kappa shape index (κ2) is 4.17. The van der Waals surface area contributed by atoms with Gasteiger partial charge in [-0.1, -0.05) is 0 Å². The summed E-state index contributed by atoms with van der Waals surface area (Å²) in [6.07, 6.45) is 0.290. The van der Waals surface area contributed by atoms with Gasteiger partial charge >= 0.3 is 0 Å². The maximum atomic E-state index is 11.6. The lowest BCUT2D eigenvalue weighted by molar-refractivity contribution is -0.148. The number of amides is 2. The third kappa shape index (κ3) is 2.00. The summed E-state index contributed by atoms with van der Waals surface area (Å²) >= 11 is 5.50. The van der Waals surface area contributed by atoms with Crippen LogP contribution in [0.5, 0.6) is 0 Å². The average Bonchev–Trinajstić information content (AvgIpc) is 2.10. The van der Waals surface area contributed by atoms with Gasteiger partial charge in [0.2, 0.25) is 11.8 Å². The van der Waals surface area contributed by atoms with Crippen LogP contribution in [-0.2, 0) is 9.59 Å². The molecule has 0 saturated carbocycles. The third-order valence-electron chi connectivity index (χ3n) is 2.46. The van der Waals surface area contributed by atoms with Crippen molar-refractivity contribution in [2.45, 2.75) is 25.8 Å². The van der Waals surface area contributed by atoms with Gasteiger partial charge in [-0.3, -0.25) is 9.59 Å². The van der Waals surface area contributed by atoms with Gasteiger partial charge in [-0.15, -0.1) is 11.6 Å². The largest absolute Gasteiger partial charge is 0.352 e. The Bertz CT molecular complexity index is 253. The molecule has 0 aromatic rings. The molecular formula is C9H15ClN2O2. The van der Waals surface area contributed by atoms with Crippen LogP contribution < -0.4 is 5.32 Å². The Morgan fingerprint density at radius 1 is 1.64 bits per heavy atom. The summed E-state index contributed by atoms with van der Waals surface area (Å²) in [6.45, 7) is 4.58. The molecule has 0 radical (unpaired) electrons. The quantitative estimate of drug-likeness (QED) is 0.681. The van der Waals surface area contributed by atoms with Gasteiger partial charge in [0, 0.05) is 25.4 Å². The highest BCUT2D eigenvalue weighted by Gasteiger charge is 2.39. The summed E-state index contributed by atoms with van der Waals surface area (Å²) in [5.74, 6) is 0.138. The van der Waals surface area contributed by atoms with Gasteiger partial charge in [0.05, 0.1) is 0 Å². The van der Waals surface area contributed by atoms with Crippen LogP contribution in [0.4, 0.5) is 0 Å². The number of carbonyl (C=O) groups is 2. The highest BCUT2D eigenvalue weighted by molar-refractivity contribution is 6.19. The van der Waals surface area contributed by atoms with Crippen molar-refractivity contribution in [1.29, 1.82) is 0 Å². The zero-order valence-electron chi connectivity index (χ0n) is 8.47. The average molecular weight is 219 g/mol. The highest BCUT2D eigenvalue weighted by Crippen LogP contribution is 2.18.